The quantitative estimate of drug-likeness (QED) is 0.411. The van der Waals surface area contributed by atoms with E-state index in [0.29, 0.717) is 17.8 Å². The summed E-state index contributed by atoms with van der Waals surface area (Å²) in [5.41, 5.74) is 0. The summed E-state index contributed by atoms with van der Waals surface area (Å²) < 4.78 is 5.23. The van der Waals surface area contributed by atoms with E-state index in [2.05, 4.69) is 6.92 Å². The molecule has 158 valence electrons. The Bertz CT molecular complexity index is 459. The first-order valence-corrected chi connectivity index (χ1v) is 10.9. The van der Waals surface area contributed by atoms with Gasteiger partial charge in [0.1, 0.15) is 0 Å². The SMILES string of the molecule is COC(=O)[C@H](C)[N@@+]1(C=O)CC[C@H]2CCCCCCCCCC[C@H]2[C@@H](C)C1.[Cl-]. The summed E-state index contributed by atoms with van der Waals surface area (Å²) in [5, 5.41) is 0. The van der Waals surface area contributed by atoms with Crippen LogP contribution in [0.3, 0.4) is 0 Å². The van der Waals surface area contributed by atoms with Crippen LogP contribution in [0.5, 0.6) is 0 Å². The van der Waals surface area contributed by atoms with Gasteiger partial charge >= 0.3 is 12.4 Å². The number of amides is 1. The van der Waals surface area contributed by atoms with Crippen LogP contribution in [0.2, 0.25) is 0 Å². The Morgan fingerprint density at radius 2 is 1.56 bits per heavy atom. The number of hydrogen-bond acceptors (Lipinski definition) is 3. The van der Waals surface area contributed by atoms with E-state index in [1.807, 2.05) is 6.92 Å². The molecule has 2 fully saturated rings. The first-order chi connectivity index (χ1) is 12.5. The molecule has 0 bridgehead atoms. The molecule has 4 nitrogen and oxygen atoms in total. The molecule has 1 amide bonds. The van der Waals surface area contributed by atoms with Crippen LogP contribution >= 0.6 is 0 Å². The summed E-state index contributed by atoms with van der Waals surface area (Å²) in [5.74, 6) is 1.61. The van der Waals surface area contributed by atoms with Crippen LogP contribution < -0.4 is 12.4 Å². The van der Waals surface area contributed by atoms with Crippen molar-refractivity contribution in [3.05, 3.63) is 0 Å². The van der Waals surface area contributed by atoms with Gasteiger partial charge in [0.25, 0.3) is 0 Å². The molecule has 0 radical (unpaired) electrons. The van der Waals surface area contributed by atoms with Crippen molar-refractivity contribution in [2.75, 3.05) is 20.2 Å². The zero-order valence-electron chi connectivity index (χ0n) is 17.6. The Kier molecular flexibility index (Phi) is 10.9. The second-order valence-corrected chi connectivity index (χ2v) is 8.91. The lowest BCUT2D eigenvalue weighted by atomic mass is 9.76. The Labute approximate surface area is 172 Å². The molecule has 0 aromatic carbocycles. The smallest absolute Gasteiger partial charge is 0.364 e. The summed E-state index contributed by atoms with van der Waals surface area (Å²) in [6, 6.07) is -0.401. The fourth-order valence-corrected chi connectivity index (χ4v) is 5.49. The first-order valence-electron chi connectivity index (χ1n) is 10.9. The number of carbonyl (C=O) groups is 2. The van der Waals surface area contributed by atoms with Gasteiger partial charge in [-0.3, -0.25) is 4.48 Å². The third-order valence-electron chi connectivity index (χ3n) is 7.27. The molecule has 1 aliphatic carbocycles. The summed E-state index contributed by atoms with van der Waals surface area (Å²) >= 11 is 0. The fraction of sp³-hybridized carbons (Fsp3) is 0.909. The molecule has 0 aromatic rings. The lowest BCUT2D eigenvalue weighted by Crippen LogP contribution is -3.00. The maximum absolute atomic E-state index is 12.2. The molecule has 0 spiro atoms. The van der Waals surface area contributed by atoms with Gasteiger partial charge in [-0.05, 0) is 31.6 Å². The third kappa shape index (κ3) is 6.45. The number of esters is 1. The minimum Gasteiger partial charge on any atom is -1.00 e. The van der Waals surface area contributed by atoms with Gasteiger partial charge < -0.3 is 17.1 Å². The zero-order chi connectivity index (χ0) is 19.0. The minimum atomic E-state index is -0.401. The van der Waals surface area contributed by atoms with Crippen molar-refractivity contribution < 1.29 is 31.2 Å². The van der Waals surface area contributed by atoms with Crippen LogP contribution in [0.4, 0.5) is 0 Å². The van der Waals surface area contributed by atoms with Gasteiger partial charge in [0.05, 0.1) is 20.2 Å². The summed E-state index contributed by atoms with van der Waals surface area (Å²) in [6.07, 6.45) is 15.6. The molecule has 1 saturated heterocycles. The number of carbonyl (C=O) groups excluding carboxylic acids is 2. The number of likely N-dealkylation sites (tertiary alicyclic amines) is 1. The number of quaternary nitrogens is 1. The highest BCUT2D eigenvalue weighted by Crippen LogP contribution is 2.39. The molecule has 1 aliphatic heterocycles. The average Bonchev–Trinajstić information content (AvgIpc) is 2.77. The number of fused-ring (bicyclic) bond motifs is 1. The predicted octanol–water partition coefficient (Wildman–Crippen LogP) is 1.71. The lowest BCUT2D eigenvalue weighted by Gasteiger charge is -2.37. The Hall–Kier alpha value is -0.610. The monoisotopic (exact) mass is 401 g/mol. The van der Waals surface area contributed by atoms with E-state index < -0.39 is 6.04 Å². The van der Waals surface area contributed by atoms with Crippen molar-refractivity contribution in [3.63, 3.8) is 0 Å². The zero-order valence-corrected chi connectivity index (χ0v) is 18.4. The molecule has 27 heavy (non-hydrogen) atoms. The van der Waals surface area contributed by atoms with Crippen molar-refractivity contribution in [2.45, 2.75) is 90.5 Å². The second-order valence-electron chi connectivity index (χ2n) is 8.91. The molecular formula is C22H40ClNO3. The van der Waals surface area contributed by atoms with Crippen LogP contribution in [0, 0.1) is 17.8 Å². The number of halogens is 1. The van der Waals surface area contributed by atoms with Gasteiger partial charge in [0.2, 0.25) is 0 Å². The highest BCUT2D eigenvalue weighted by Gasteiger charge is 2.45. The fourth-order valence-electron chi connectivity index (χ4n) is 5.49. The molecule has 2 rings (SSSR count). The molecule has 2 aliphatic rings. The minimum absolute atomic E-state index is 0. The Balaban J connectivity index is 0.00000364. The molecule has 0 aromatic heterocycles. The lowest BCUT2D eigenvalue weighted by molar-refractivity contribution is -0.863. The highest BCUT2D eigenvalue weighted by molar-refractivity contribution is 5.75. The van der Waals surface area contributed by atoms with E-state index in [1.54, 1.807) is 0 Å². The van der Waals surface area contributed by atoms with Crippen molar-refractivity contribution >= 4 is 12.4 Å². The molecule has 1 saturated carbocycles. The maximum atomic E-state index is 12.2. The maximum Gasteiger partial charge on any atom is 0.364 e. The number of rotatable bonds is 3. The Morgan fingerprint density at radius 1 is 1.00 bits per heavy atom. The largest absolute Gasteiger partial charge is 1.00 e. The molecule has 0 unspecified atom stereocenters. The first kappa shape index (κ1) is 24.4. The molecule has 5 heteroatoms. The van der Waals surface area contributed by atoms with Gasteiger partial charge in [-0.2, -0.15) is 0 Å². The van der Waals surface area contributed by atoms with Gasteiger partial charge in [-0.25, -0.2) is 9.59 Å². The van der Waals surface area contributed by atoms with Crippen LogP contribution in [0.25, 0.3) is 0 Å². The van der Waals surface area contributed by atoms with E-state index in [4.69, 9.17) is 4.74 Å². The molecule has 1 heterocycles. The van der Waals surface area contributed by atoms with Gasteiger partial charge in [-0.1, -0.05) is 58.3 Å². The van der Waals surface area contributed by atoms with Gasteiger partial charge in [-0.15, -0.1) is 0 Å². The van der Waals surface area contributed by atoms with Crippen LogP contribution in [0.1, 0.15) is 84.5 Å². The summed E-state index contributed by atoms with van der Waals surface area (Å²) in [7, 11) is 1.43. The average molecular weight is 402 g/mol. The number of hydrogen-bond donors (Lipinski definition) is 0. The van der Waals surface area contributed by atoms with E-state index in [0.717, 1.165) is 25.9 Å². The second kappa shape index (κ2) is 12.1. The van der Waals surface area contributed by atoms with Crippen molar-refractivity contribution in [1.29, 1.82) is 0 Å². The van der Waals surface area contributed by atoms with E-state index in [-0.39, 0.29) is 22.9 Å². The summed E-state index contributed by atoms with van der Waals surface area (Å²) in [4.78, 5) is 24.3. The van der Waals surface area contributed by atoms with Crippen LogP contribution in [-0.4, -0.2) is 43.1 Å². The van der Waals surface area contributed by atoms with Crippen molar-refractivity contribution in [1.82, 2.24) is 0 Å². The molecule has 5 atom stereocenters. The van der Waals surface area contributed by atoms with Crippen molar-refractivity contribution in [3.8, 4) is 0 Å². The number of nitrogens with zero attached hydrogens (tertiary/aromatic N) is 1. The van der Waals surface area contributed by atoms with Crippen molar-refractivity contribution in [2.24, 2.45) is 17.8 Å². The van der Waals surface area contributed by atoms with E-state index >= 15 is 0 Å². The van der Waals surface area contributed by atoms with Gasteiger partial charge in [0, 0.05) is 12.3 Å². The van der Waals surface area contributed by atoms with Crippen LogP contribution in [-0.2, 0) is 14.3 Å². The van der Waals surface area contributed by atoms with Gasteiger partial charge in [0.15, 0.2) is 6.04 Å². The van der Waals surface area contributed by atoms with E-state index in [1.165, 1.54) is 71.3 Å². The van der Waals surface area contributed by atoms with Crippen LogP contribution in [0.15, 0.2) is 0 Å². The standard InChI is InChI=1S/C22H40NO3.ClH/c1-18-16-23(17-24,19(2)22(25)26-3)15-14-20-12-10-8-6-4-5-7-9-11-13-21(18)20;/h17-21H,4-16H2,1-3H3;1H/q+1;/p-1/t18-,19-,20+,21-,23-;/m0./s1. The molecular weight excluding hydrogens is 362 g/mol. The highest BCUT2D eigenvalue weighted by atomic mass is 35.5. The third-order valence-corrected chi connectivity index (χ3v) is 7.27. The van der Waals surface area contributed by atoms with E-state index in [9.17, 15) is 9.59 Å². The summed E-state index contributed by atoms with van der Waals surface area (Å²) in [6.45, 7) is 5.74. The number of methoxy groups -OCH3 is 1. The normalized spacial score (nSPS) is 34.4. The number of ether oxygens (including phenoxy) is 1. The molecule has 0 N–H and O–H groups in total. The predicted molar refractivity (Wildman–Crippen MR) is 104 cm³/mol. The topological polar surface area (TPSA) is 43.4 Å². The Morgan fingerprint density at radius 3 is 2.11 bits per heavy atom.